The predicted molar refractivity (Wildman–Crippen MR) is 76.6 cm³/mol. The van der Waals surface area contributed by atoms with Crippen LogP contribution in [0.5, 0.6) is 0 Å². The molecule has 1 fully saturated rings. The average Bonchev–Trinajstić information content (AvgIpc) is 2.90. The number of hydrogen-bond acceptors (Lipinski definition) is 5. The molecule has 2 atom stereocenters. The molecular formula is C14H18N2O5. The third-order valence-corrected chi connectivity index (χ3v) is 3.83. The maximum Gasteiger partial charge on any atom is 0.311 e. The molecule has 2 unspecified atom stereocenters. The standard InChI is InChI=1S/C14H18N2O5/c1-3-15(13-8-21-7-11(13)14(17)18)10-5-4-9(2)12(6-10)16(19)20/h4-6,11,13H,3,7-8H2,1-2H3,(H,17,18). The minimum Gasteiger partial charge on any atom is -0.481 e. The van der Waals surface area contributed by atoms with E-state index in [2.05, 4.69) is 0 Å². The van der Waals surface area contributed by atoms with Gasteiger partial charge in [0.25, 0.3) is 5.69 Å². The molecule has 0 aromatic heterocycles. The Hall–Kier alpha value is -2.15. The van der Waals surface area contributed by atoms with Crippen molar-refractivity contribution in [1.82, 2.24) is 0 Å². The van der Waals surface area contributed by atoms with Crippen molar-refractivity contribution in [2.75, 3.05) is 24.7 Å². The van der Waals surface area contributed by atoms with Gasteiger partial charge in [0.1, 0.15) is 5.92 Å². The molecule has 21 heavy (non-hydrogen) atoms. The number of nitro benzene ring substituents is 1. The molecule has 7 nitrogen and oxygen atoms in total. The molecule has 1 aliphatic rings. The molecule has 114 valence electrons. The van der Waals surface area contributed by atoms with E-state index in [4.69, 9.17) is 4.74 Å². The zero-order valence-electron chi connectivity index (χ0n) is 12.0. The van der Waals surface area contributed by atoms with Crippen molar-refractivity contribution < 1.29 is 19.6 Å². The van der Waals surface area contributed by atoms with Crippen molar-refractivity contribution in [2.45, 2.75) is 19.9 Å². The highest BCUT2D eigenvalue weighted by Crippen LogP contribution is 2.30. The van der Waals surface area contributed by atoms with E-state index in [1.54, 1.807) is 19.1 Å². The summed E-state index contributed by atoms with van der Waals surface area (Å²) in [5, 5.41) is 20.3. The number of hydrogen-bond donors (Lipinski definition) is 1. The maximum absolute atomic E-state index is 11.3. The Morgan fingerprint density at radius 2 is 2.24 bits per heavy atom. The fourth-order valence-electron chi connectivity index (χ4n) is 2.67. The Labute approximate surface area is 122 Å². The number of carboxylic acids is 1. The highest BCUT2D eigenvalue weighted by Gasteiger charge is 2.38. The first-order valence-corrected chi connectivity index (χ1v) is 6.78. The first-order chi connectivity index (χ1) is 9.95. The van der Waals surface area contributed by atoms with E-state index in [0.29, 0.717) is 24.4 Å². The number of nitrogens with zero attached hydrogens (tertiary/aromatic N) is 2. The highest BCUT2D eigenvalue weighted by atomic mass is 16.6. The molecule has 1 aliphatic heterocycles. The molecule has 0 amide bonds. The van der Waals surface area contributed by atoms with Gasteiger partial charge in [0, 0.05) is 23.9 Å². The number of carboxylic acid groups (broad SMARTS) is 1. The molecule has 0 aliphatic carbocycles. The van der Waals surface area contributed by atoms with Gasteiger partial charge in [0.15, 0.2) is 0 Å². The Morgan fingerprint density at radius 1 is 1.52 bits per heavy atom. The van der Waals surface area contributed by atoms with Crippen LogP contribution in [0.4, 0.5) is 11.4 Å². The first-order valence-electron chi connectivity index (χ1n) is 6.78. The third-order valence-electron chi connectivity index (χ3n) is 3.83. The van der Waals surface area contributed by atoms with Crippen LogP contribution in [0.2, 0.25) is 0 Å². The van der Waals surface area contributed by atoms with Crippen LogP contribution in [0.15, 0.2) is 18.2 Å². The lowest BCUT2D eigenvalue weighted by Gasteiger charge is -2.31. The van der Waals surface area contributed by atoms with Crippen molar-refractivity contribution >= 4 is 17.3 Å². The zero-order valence-corrected chi connectivity index (χ0v) is 12.0. The van der Waals surface area contributed by atoms with E-state index in [9.17, 15) is 20.0 Å². The quantitative estimate of drug-likeness (QED) is 0.658. The van der Waals surface area contributed by atoms with Crippen molar-refractivity contribution in [2.24, 2.45) is 5.92 Å². The molecule has 1 saturated heterocycles. The van der Waals surface area contributed by atoms with Gasteiger partial charge in [-0.05, 0) is 19.9 Å². The lowest BCUT2D eigenvalue weighted by atomic mass is 10.0. The van der Waals surface area contributed by atoms with Gasteiger partial charge >= 0.3 is 5.97 Å². The van der Waals surface area contributed by atoms with Gasteiger partial charge < -0.3 is 14.7 Å². The molecule has 0 spiro atoms. The summed E-state index contributed by atoms with van der Waals surface area (Å²) in [6.45, 7) is 4.61. The second kappa shape index (κ2) is 6.09. The predicted octanol–water partition coefficient (Wildman–Crippen LogP) is 1.83. The summed E-state index contributed by atoms with van der Waals surface area (Å²) in [7, 11) is 0. The van der Waals surface area contributed by atoms with Crippen LogP contribution < -0.4 is 4.90 Å². The monoisotopic (exact) mass is 294 g/mol. The number of benzene rings is 1. The van der Waals surface area contributed by atoms with Crippen LogP contribution in [0.3, 0.4) is 0 Å². The van der Waals surface area contributed by atoms with Crippen LogP contribution in [0, 0.1) is 23.0 Å². The van der Waals surface area contributed by atoms with Crippen LogP contribution in [0.25, 0.3) is 0 Å². The van der Waals surface area contributed by atoms with Gasteiger partial charge in [-0.15, -0.1) is 0 Å². The Morgan fingerprint density at radius 3 is 2.81 bits per heavy atom. The summed E-state index contributed by atoms with van der Waals surface area (Å²) < 4.78 is 5.28. The Balaban J connectivity index is 2.35. The summed E-state index contributed by atoms with van der Waals surface area (Å²) in [6, 6.07) is 4.65. The number of likely N-dealkylation sites (N-methyl/N-ethyl adjacent to an activating group) is 1. The van der Waals surface area contributed by atoms with E-state index >= 15 is 0 Å². The summed E-state index contributed by atoms with van der Waals surface area (Å²) >= 11 is 0. The smallest absolute Gasteiger partial charge is 0.311 e. The second-order valence-corrected chi connectivity index (χ2v) is 5.06. The van der Waals surface area contributed by atoms with Crippen molar-refractivity contribution in [3.8, 4) is 0 Å². The number of aryl methyl sites for hydroxylation is 1. The highest BCUT2D eigenvalue weighted by molar-refractivity contribution is 5.73. The van der Waals surface area contributed by atoms with Crippen molar-refractivity contribution in [3.63, 3.8) is 0 Å². The SMILES string of the molecule is CCN(c1ccc(C)c([N+](=O)[O-])c1)C1COCC1C(=O)O. The lowest BCUT2D eigenvalue weighted by molar-refractivity contribution is -0.385. The van der Waals surface area contributed by atoms with Gasteiger partial charge in [-0.3, -0.25) is 14.9 Å². The summed E-state index contributed by atoms with van der Waals surface area (Å²) in [5.41, 5.74) is 1.27. The average molecular weight is 294 g/mol. The number of ether oxygens (including phenoxy) is 1. The number of rotatable bonds is 5. The number of aliphatic carboxylic acids is 1. The van der Waals surface area contributed by atoms with Gasteiger partial charge in [-0.1, -0.05) is 6.07 Å². The topological polar surface area (TPSA) is 92.9 Å². The van der Waals surface area contributed by atoms with Gasteiger partial charge in [-0.25, -0.2) is 0 Å². The van der Waals surface area contributed by atoms with Crippen LogP contribution >= 0.6 is 0 Å². The lowest BCUT2D eigenvalue weighted by Crippen LogP contribution is -2.43. The van der Waals surface area contributed by atoms with Crippen molar-refractivity contribution in [3.05, 3.63) is 33.9 Å². The summed E-state index contributed by atoms with van der Waals surface area (Å²) in [6.07, 6.45) is 0. The van der Waals surface area contributed by atoms with E-state index in [1.807, 2.05) is 11.8 Å². The minimum absolute atomic E-state index is 0.0386. The zero-order chi connectivity index (χ0) is 15.6. The number of nitro groups is 1. The van der Waals surface area contributed by atoms with Crippen LogP contribution in [0.1, 0.15) is 12.5 Å². The minimum atomic E-state index is -0.905. The van der Waals surface area contributed by atoms with Gasteiger partial charge in [0.05, 0.1) is 24.2 Å². The molecule has 1 aromatic carbocycles. The molecule has 7 heteroatoms. The molecule has 2 rings (SSSR count). The molecule has 1 aromatic rings. The molecule has 1 heterocycles. The van der Waals surface area contributed by atoms with E-state index in [0.717, 1.165) is 0 Å². The molecule has 0 bridgehead atoms. The fourth-order valence-corrected chi connectivity index (χ4v) is 2.67. The third kappa shape index (κ3) is 2.97. The number of carbonyl (C=O) groups is 1. The Bertz CT molecular complexity index is 560. The molecule has 1 N–H and O–H groups in total. The van der Waals surface area contributed by atoms with Crippen LogP contribution in [-0.4, -0.2) is 41.8 Å². The van der Waals surface area contributed by atoms with Crippen LogP contribution in [-0.2, 0) is 9.53 Å². The van der Waals surface area contributed by atoms with Gasteiger partial charge in [0.2, 0.25) is 0 Å². The molecule has 0 saturated carbocycles. The van der Waals surface area contributed by atoms with E-state index < -0.39 is 16.8 Å². The van der Waals surface area contributed by atoms with E-state index in [1.165, 1.54) is 6.07 Å². The maximum atomic E-state index is 11.3. The Kier molecular flexibility index (Phi) is 4.42. The summed E-state index contributed by atoms with van der Waals surface area (Å²) in [4.78, 5) is 23.8. The largest absolute Gasteiger partial charge is 0.481 e. The summed E-state index contributed by atoms with van der Waals surface area (Å²) in [5.74, 6) is -1.53. The first kappa shape index (κ1) is 15.2. The van der Waals surface area contributed by atoms with E-state index in [-0.39, 0.29) is 18.3 Å². The van der Waals surface area contributed by atoms with Gasteiger partial charge in [-0.2, -0.15) is 0 Å². The molecular weight excluding hydrogens is 276 g/mol. The van der Waals surface area contributed by atoms with Crippen molar-refractivity contribution in [1.29, 1.82) is 0 Å². The normalized spacial score (nSPS) is 21.2. The fraction of sp³-hybridized carbons (Fsp3) is 0.500. The molecule has 0 radical (unpaired) electrons. The second-order valence-electron chi connectivity index (χ2n) is 5.06. The number of anilines is 1.